The molecule has 1 aliphatic carbocycles. The maximum absolute atomic E-state index is 10.2. The second-order valence-electron chi connectivity index (χ2n) is 3.98. The van der Waals surface area contributed by atoms with Gasteiger partial charge in [-0.2, -0.15) is 0 Å². The SMILES string of the molecule is O=C(O)COCc1nnc(CC2CCC2)o1. The molecule has 2 rings (SSSR count). The fraction of sp³-hybridized carbons (Fsp3) is 0.700. The summed E-state index contributed by atoms with van der Waals surface area (Å²) in [5, 5.41) is 16.0. The highest BCUT2D eigenvalue weighted by molar-refractivity contribution is 5.67. The van der Waals surface area contributed by atoms with E-state index in [2.05, 4.69) is 10.2 Å². The van der Waals surface area contributed by atoms with Gasteiger partial charge < -0.3 is 14.3 Å². The lowest BCUT2D eigenvalue weighted by molar-refractivity contribution is -0.142. The molecule has 1 saturated carbocycles. The van der Waals surface area contributed by atoms with Gasteiger partial charge in [-0.15, -0.1) is 10.2 Å². The van der Waals surface area contributed by atoms with Crippen molar-refractivity contribution in [2.24, 2.45) is 5.92 Å². The number of carboxylic acid groups (broad SMARTS) is 1. The number of carboxylic acids is 1. The molecule has 0 aromatic carbocycles. The monoisotopic (exact) mass is 226 g/mol. The summed E-state index contributed by atoms with van der Waals surface area (Å²) in [7, 11) is 0. The van der Waals surface area contributed by atoms with Gasteiger partial charge in [-0.3, -0.25) is 0 Å². The molecule has 1 aromatic rings. The molecule has 1 fully saturated rings. The summed E-state index contributed by atoms with van der Waals surface area (Å²) in [5.41, 5.74) is 0. The molecule has 1 aliphatic rings. The van der Waals surface area contributed by atoms with E-state index in [1.54, 1.807) is 0 Å². The molecule has 0 bridgehead atoms. The predicted octanol–water partition coefficient (Wildman–Crippen LogP) is 1.01. The van der Waals surface area contributed by atoms with Crippen LogP contribution in [0.15, 0.2) is 4.42 Å². The zero-order chi connectivity index (χ0) is 11.4. The van der Waals surface area contributed by atoms with E-state index in [1.165, 1.54) is 19.3 Å². The van der Waals surface area contributed by atoms with Gasteiger partial charge in [-0.25, -0.2) is 4.79 Å². The average molecular weight is 226 g/mol. The lowest BCUT2D eigenvalue weighted by Gasteiger charge is -2.23. The first kappa shape index (κ1) is 11.1. The van der Waals surface area contributed by atoms with Crippen LogP contribution in [-0.4, -0.2) is 27.9 Å². The molecule has 1 heterocycles. The van der Waals surface area contributed by atoms with Gasteiger partial charge in [-0.1, -0.05) is 6.42 Å². The Bertz CT molecular complexity index is 359. The molecule has 1 N–H and O–H groups in total. The summed E-state index contributed by atoms with van der Waals surface area (Å²) in [5.74, 6) is 0.636. The van der Waals surface area contributed by atoms with E-state index in [0.29, 0.717) is 17.7 Å². The van der Waals surface area contributed by atoms with Gasteiger partial charge in [0.2, 0.25) is 11.8 Å². The van der Waals surface area contributed by atoms with E-state index >= 15 is 0 Å². The van der Waals surface area contributed by atoms with E-state index in [9.17, 15) is 4.79 Å². The molecule has 88 valence electrons. The largest absolute Gasteiger partial charge is 0.480 e. The van der Waals surface area contributed by atoms with Gasteiger partial charge in [0.25, 0.3) is 0 Å². The van der Waals surface area contributed by atoms with Gasteiger partial charge in [0.05, 0.1) is 0 Å². The van der Waals surface area contributed by atoms with Crippen molar-refractivity contribution in [1.29, 1.82) is 0 Å². The van der Waals surface area contributed by atoms with Crippen molar-refractivity contribution >= 4 is 5.97 Å². The van der Waals surface area contributed by atoms with Gasteiger partial charge in [0.15, 0.2) is 0 Å². The quantitative estimate of drug-likeness (QED) is 0.779. The maximum atomic E-state index is 10.2. The van der Waals surface area contributed by atoms with Gasteiger partial charge in [0.1, 0.15) is 13.2 Å². The van der Waals surface area contributed by atoms with Crippen molar-refractivity contribution in [3.8, 4) is 0 Å². The standard InChI is InChI=1S/C10H14N2O4/c13-10(14)6-15-5-9-12-11-8(16-9)4-7-2-1-3-7/h7H,1-6H2,(H,13,14). The topological polar surface area (TPSA) is 85.5 Å². The normalized spacial score (nSPS) is 16.0. The van der Waals surface area contributed by atoms with Crippen LogP contribution in [0.25, 0.3) is 0 Å². The van der Waals surface area contributed by atoms with Crippen molar-refractivity contribution in [3.05, 3.63) is 11.8 Å². The van der Waals surface area contributed by atoms with E-state index in [1.807, 2.05) is 0 Å². The first-order valence-electron chi connectivity index (χ1n) is 5.35. The number of carbonyl (C=O) groups is 1. The van der Waals surface area contributed by atoms with Crippen molar-refractivity contribution in [2.45, 2.75) is 32.3 Å². The summed E-state index contributed by atoms with van der Waals surface area (Å²) < 4.78 is 10.2. The fourth-order valence-electron chi connectivity index (χ4n) is 1.60. The second-order valence-corrected chi connectivity index (χ2v) is 3.98. The zero-order valence-electron chi connectivity index (χ0n) is 8.89. The van der Waals surface area contributed by atoms with E-state index in [-0.39, 0.29) is 13.2 Å². The summed E-state index contributed by atoms with van der Waals surface area (Å²) in [6, 6.07) is 0. The van der Waals surface area contributed by atoms with Crippen molar-refractivity contribution in [1.82, 2.24) is 10.2 Å². The first-order valence-corrected chi connectivity index (χ1v) is 5.35. The molecular formula is C10H14N2O4. The Morgan fingerprint density at radius 2 is 2.19 bits per heavy atom. The minimum absolute atomic E-state index is 0.0595. The van der Waals surface area contributed by atoms with Crippen molar-refractivity contribution < 1.29 is 19.1 Å². The highest BCUT2D eigenvalue weighted by Crippen LogP contribution is 2.29. The lowest BCUT2D eigenvalue weighted by atomic mass is 9.83. The molecule has 0 aliphatic heterocycles. The molecule has 1 aromatic heterocycles. The molecular weight excluding hydrogens is 212 g/mol. The molecule has 0 atom stereocenters. The van der Waals surface area contributed by atoms with Gasteiger partial charge in [-0.05, 0) is 18.8 Å². The summed E-state index contributed by atoms with van der Waals surface area (Å²) in [6.45, 7) is -0.287. The summed E-state index contributed by atoms with van der Waals surface area (Å²) >= 11 is 0. The van der Waals surface area contributed by atoms with Crippen LogP contribution < -0.4 is 0 Å². The Balaban J connectivity index is 1.75. The average Bonchev–Trinajstić information content (AvgIpc) is 2.59. The van der Waals surface area contributed by atoms with Crippen LogP contribution in [0.1, 0.15) is 31.0 Å². The fourth-order valence-corrected chi connectivity index (χ4v) is 1.60. The highest BCUT2D eigenvalue weighted by atomic mass is 16.5. The highest BCUT2D eigenvalue weighted by Gasteiger charge is 2.20. The van der Waals surface area contributed by atoms with Crippen LogP contribution in [0.5, 0.6) is 0 Å². The second kappa shape index (κ2) is 5.07. The van der Waals surface area contributed by atoms with Crippen LogP contribution in [0.3, 0.4) is 0 Å². The smallest absolute Gasteiger partial charge is 0.329 e. The number of aromatic nitrogens is 2. The third kappa shape index (κ3) is 3.03. The van der Waals surface area contributed by atoms with Gasteiger partial charge >= 0.3 is 5.97 Å². The molecule has 0 saturated heterocycles. The Morgan fingerprint density at radius 3 is 2.81 bits per heavy atom. The first-order chi connectivity index (χ1) is 7.74. The maximum Gasteiger partial charge on any atom is 0.329 e. The Kier molecular flexibility index (Phi) is 3.51. The molecule has 0 amide bonds. The molecule has 16 heavy (non-hydrogen) atoms. The van der Waals surface area contributed by atoms with Gasteiger partial charge in [0, 0.05) is 6.42 Å². The molecule has 6 heteroatoms. The number of nitrogens with zero attached hydrogens (tertiary/aromatic N) is 2. The molecule has 0 unspecified atom stereocenters. The van der Waals surface area contributed by atoms with E-state index in [0.717, 1.165) is 6.42 Å². The van der Waals surface area contributed by atoms with Crippen LogP contribution in [0.2, 0.25) is 0 Å². The van der Waals surface area contributed by atoms with Crippen molar-refractivity contribution in [2.75, 3.05) is 6.61 Å². The van der Waals surface area contributed by atoms with E-state index in [4.69, 9.17) is 14.3 Å². The lowest BCUT2D eigenvalue weighted by Crippen LogP contribution is -2.13. The predicted molar refractivity (Wildman–Crippen MR) is 52.6 cm³/mol. The Morgan fingerprint density at radius 1 is 1.44 bits per heavy atom. The van der Waals surface area contributed by atoms with Crippen LogP contribution in [0.4, 0.5) is 0 Å². The number of ether oxygens (including phenoxy) is 1. The third-order valence-electron chi connectivity index (χ3n) is 2.65. The van der Waals surface area contributed by atoms with Crippen LogP contribution in [-0.2, 0) is 22.6 Å². The number of hydrogen-bond acceptors (Lipinski definition) is 5. The Hall–Kier alpha value is -1.43. The van der Waals surface area contributed by atoms with Crippen LogP contribution >= 0.6 is 0 Å². The molecule has 0 spiro atoms. The Labute approximate surface area is 92.6 Å². The number of hydrogen-bond donors (Lipinski definition) is 1. The number of aliphatic carboxylic acids is 1. The molecule has 6 nitrogen and oxygen atoms in total. The third-order valence-corrected chi connectivity index (χ3v) is 2.65. The zero-order valence-corrected chi connectivity index (χ0v) is 8.89. The minimum Gasteiger partial charge on any atom is -0.480 e. The summed E-state index contributed by atoms with van der Waals surface area (Å²) in [4.78, 5) is 10.2. The van der Waals surface area contributed by atoms with Crippen molar-refractivity contribution in [3.63, 3.8) is 0 Å². The minimum atomic E-state index is -1.01. The molecule has 0 radical (unpaired) electrons. The van der Waals surface area contributed by atoms with E-state index < -0.39 is 5.97 Å². The van der Waals surface area contributed by atoms with Crippen LogP contribution in [0, 0.1) is 5.92 Å². The summed E-state index contributed by atoms with van der Waals surface area (Å²) in [6.07, 6.45) is 4.57. The number of rotatable bonds is 6.